The summed E-state index contributed by atoms with van der Waals surface area (Å²) in [5.41, 5.74) is 7.74. The van der Waals surface area contributed by atoms with Crippen LogP contribution in [0.3, 0.4) is 0 Å². The fraction of sp³-hybridized carbons (Fsp3) is 0.471. The minimum absolute atomic E-state index is 0.0567. The number of carbonyl (C=O) groups excluding carboxylic acids is 1. The zero-order valence-corrected chi connectivity index (χ0v) is 14.1. The number of nitrogens with two attached hydrogens (primary N) is 1. The largest absolute Gasteiger partial charge is 0.462 e. The molecule has 24 heavy (non-hydrogen) atoms. The summed E-state index contributed by atoms with van der Waals surface area (Å²) in [6.07, 6.45) is 4.37. The SMILES string of the molecule is CCCCC(CO)Nc1c(C(=O)OCC)c(N)nc2cccnc12. The summed E-state index contributed by atoms with van der Waals surface area (Å²) in [6.45, 7) is 3.99. The van der Waals surface area contributed by atoms with Crippen LogP contribution < -0.4 is 11.1 Å². The maximum atomic E-state index is 12.3. The van der Waals surface area contributed by atoms with Crippen LogP contribution in [0.4, 0.5) is 11.5 Å². The number of aliphatic hydroxyl groups is 1. The molecule has 0 amide bonds. The molecule has 2 heterocycles. The van der Waals surface area contributed by atoms with Crippen molar-refractivity contribution < 1.29 is 14.6 Å². The first-order valence-electron chi connectivity index (χ1n) is 8.21. The molecule has 0 saturated carbocycles. The van der Waals surface area contributed by atoms with Crippen molar-refractivity contribution in [2.75, 3.05) is 24.3 Å². The second-order valence-corrected chi connectivity index (χ2v) is 5.50. The molecule has 2 rings (SSSR count). The highest BCUT2D eigenvalue weighted by Gasteiger charge is 2.23. The molecule has 1 atom stereocenters. The first-order chi connectivity index (χ1) is 11.6. The molecule has 0 fully saturated rings. The Morgan fingerprint density at radius 2 is 2.25 bits per heavy atom. The molecule has 130 valence electrons. The highest BCUT2D eigenvalue weighted by molar-refractivity contribution is 6.07. The normalized spacial score (nSPS) is 12.1. The van der Waals surface area contributed by atoms with Crippen LogP contribution in [0.25, 0.3) is 11.0 Å². The number of nitrogens with zero attached hydrogens (tertiary/aromatic N) is 2. The van der Waals surface area contributed by atoms with E-state index in [9.17, 15) is 9.90 Å². The van der Waals surface area contributed by atoms with Crippen molar-refractivity contribution in [1.29, 1.82) is 0 Å². The molecule has 0 spiro atoms. The third-order valence-electron chi connectivity index (χ3n) is 3.72. The first kappa shape index (κ1) is 17.9. The number of nitrogens with one attached hydrogen (secondary N) is 1. The van der Waals surface area contributed by atoms with E-state index in [1.165, 1.54) is 0 Å². The molecule has 0 aromatic carbocycles. The average molecular weight is 332 g/mol. The van der Waals surface area contributed by atoms with Crippen molar-refractivity contribution >= 4 is 28.5 Å². The van der Waals surface area contributed by atoms with Gasteiger partial charge in [0, 0.05) is 12.2 Å². The van der Waals surface area contributed by atoms with Gasteiger partial charge in [-0.25, -0.2) is 9.78 Å². The van der Waals surface area contributed by atoms with Crippen LogP contribution in [-0.2, 0) is 4.74 Å². The topological polar surface area (TPSA) is 110 Å². The molecule has 0 saturated heterocycles. The van der Waals surface area contributed by atoms with E-state index in [0.29, 0.717) is 16.7 Å². The van der Waals surface area contributed by atoms with Gasteiger partial charge in [0.15, 0.2) is 0 Å². The number of aromatic nitrogens is 2. The lowest BCUT2D eigenvalue weighted by atomic mass is 10.1. The Labute approximate surface area is 141 Å². The third kappa shape index (κ3) is 3.91. The summed E-state index contributed by atoms with van der Waals surface area (Å²) >= 11 is 0. The van der Waals surface area contributed by atoms with Crippen molar-refractivity contribution in [3.63, 3.8) is 0 Å². The molecule has 1 unspecified atom stereocenters. The van der Waals surface area contributed by atoms with Gasteiger partial charge in [-0.2, -0.15) is 0 Å². The second-order valence-electron chi connectivity index (χ2n) is 5.50. The van der Waals surface area contributed by atoms with E-state index in [2.05, 4.69) is 22.2 Å². The number of nitrogen functional groups attached to an aromatic ring is 1. The standard InChI is InChI=1S/C17H24N4O3/c1-3-5-7-11(10-22)20-15-13(17(23)24-4-2)16(18)21-12-8-6-9-19-14(12)15/h6,8-9,11,22H,3-5,7,10H2,1-2H3,(H3,18,20,21). The average Bonchev–Trinajstić information content (AvgIpc) is 2.58. The number of hydrogen-bond donors (Lipinski definition) is 3. The smallest absolute Gasteiger partial charge is 0.344 e. The van der Waals surface area contributed by atoms with Crippen molar-refractivity contribution in [3.05, 3.63) is 23.9 Å². The van der Waals surface area contributed by atoms with Gasteiger partial charge in [0.25, 0.3) is 0 Å². The number of pyridine rings is 2. The minimum atomic E-state index is -0.551. The fourth-order valence-electron chi connectivity index (χ4n) is 2.53. The molecular weight excluding hydrogens is 308 g/mol. The highest BCUT2D eigenvalue weighted by Crippen LogP contribution is 2.30. The lowest BCUT2D eigenvalue weighted by Crippen LogP contribution is -2.26. The van der Waals surface area contributed by atoms with Gasteiger partial charge < -0.3 is 20.9 Å². The highest BCUT2D eigenvalue weighted by atomic mass is 16.5. The molecule has 0 bridgehead atoms. The predicted molar refractivity (Wildman–Crippen MR) is 93.9 cm³/mol. The molecular formula is C17H24N4O3. The maximum absolute atomic E-state index is 12.3. The molecule has 0 aliphatic heterocycles. The third-order valence-corrected chi connectivity index (χ3v) is 3.72. The number of anilines is 2. The maximum Gasteiger partial charge on any atom is 0.344 e. The number of fused-ring (bicyclic) bond motifs is 1. The van der Waals surface area contributed by atoms with Crippen molar-refractivity contribution in [2.45, 2.75) is 39.2 Å². The van der Waals surface area contributed by atoms with Gasteiger partial charge in [0.2, 0.25) is 0 Å². The molecule has 2 aromatic heterocycles. The van der Waals surface area contributed by atoms with Gasteiger partial charge in [-0.15, -0.1) is 0 Å². The molecule has 0 aliphatic rings. The summed E-state index contributed by atoms with van der Waals surface area (Å²) in [7, 11) is 0. The number of unbranched alkanes of at least 4 members (excludes halogenated alkanes) is 1. The fourth-order valence-corrected chi connectivity index (χ4v) is 2.53. The van der Waals surface area contributed by atoms with Crippen molar-refractivity contribution in [1.82, 2.24) is 9.97 Å². The quantitative estimate of drug-likeness (QED) is 0.636. The Bertz CT molecular complexity index is 706. The molecule has 0 aliphatic carbocycles. The van der Waals surface area contributed by atoms with E-state index >= 15 is 0 Å². The van der Waals surface area contributed by atoms with Crippen molar-refractivity contribution in [2.24, 2.45) is 0 Å². The first-order valence-corrected chi connectivity index (χ1v) is 8.21. The van der Waals surface area contributed by atoms with Crippen LogP contribution in [0.5, 0.6) is 0 Å². The zero-order valence-electron chi connectivity index (χ0n) is 14.1. The lowest BCUT2D eigenvalue weighted by molar-refractivity contribution is 0.0528. The van der Waals surface area contributed by atoms with Gasteiger partial charge in [0.05, 0.1) is 24.4 Å². The van der Waals surface area contributed by atoms with Gasteiger partial charge >= 0.3 is 5.97 Å². The number of ether oxygens (including phenoxy) is 1. The Kier molecular flexibility index (Phi) is 6.31. The van der Waals surface area contributed by atoms with Gasteiger partial charge in [-0.05, 0) is 25.5 Å². The van der Waals surface area contributed by atoms with E-state index in [1.54, 1.807) is 25.3 Å². The van der Waals surface area contributed by atoms with E-state index in [4.69, 9.17) is 10.5 Å². The Morgan fingerprint density at radius 3 is 2.92 bits per heavy atom. The summed E-state index contributed by atoms with van der Waals surface area (Å²) in [5.74, 6) is -0.464. The van der Waals surface area contributed by atoms with Gasteiger partial charge in [0.1, 0.15) is 16.9 Å². The van der Waals surface area contributed by atoms with Crippen LogP contribution in [0.15, 0.2) is 18.3 Å². The van der Waals surface area contributed by atoms with E-state index in [1.807, 2.05) is 0 Å². The molecule has 7 nitrogen and oxygen atoms in total. The summed E-state index contributed by atoms with van der Waals surface area (Å²) in [5, 5.41) is 12.9. The van der Waals surface area contributed by atoms with Crippen LogP contribution in [0, 0.1) is 0 Å². The molecule has 4 N–H and O–H groups in total. The molecule has 7 heteroatoms. The Morgan fingerprint density at radius 1 is 1.46 bits per heavy atom. The minimum Gasteiger partial charge on any atom is -0.462 e. The van der Waals surface area contributed by atoms with E-state index in [-0.39, 0.29) is 30.6 Å². The molecule has 0 radical (unpaired) electrons. The van der Waals surface area contributed by atoms with Crippen LogP contribution >= 0.6 is 0 Å². The monoisotopic (exact) mass is 332 g/mol. The summed E-state index contributed by atoms with van der Waals surface area (Å²) < 4.78 is 5.11. The van der Waals surface area contributed by atoms with E-state index < -0.39 is 5.97 Å². The number of esters is 1. The lowest BCUT2D eigenvalue weighted by Gasteiger charge is -2.21. The molecule has 2 aromatic rings. The Balaban J connectivity index is 2.53. The Hall–Kier alpha value is -2.41. The number of carbonyl (C=O) groups is 1. The zero-order chi connectivity index (χ0) is 17.5. The van der Waals surface area contributed by atoms with Crippen molar-refractivity contribution in [3.8, 4) is 0 Å². The van der Waals surface area contributed by atoms with Crippen LogP contribution in [-0.4, -0.2) is 40.3 Å². The number of aliphatic hydroxyl groups excluding tert-OH is 1. The summed E-state index contributed by atoms with van der Waals surface area (Å²) in [4.78, 5) is 20.9. The number of rotatable bonds is 8. The second kappa shape index (κ2) is 8.44. The predicted octanol–water partition coefficient (Wildman–Crippen LogP) is 2.35. The number of hydrogen-bond acceptors (Lipinski definition) is 7. The summed E-state index contributed by atoms with van der Waals surface area (Å²) in [6, 6.07) is 3.33. The van der Waals surface area contributed by atoms with E-state index in [0.717, 1.165) is 19.3 Å². The van der Waals surface area contributed by atoms with Crippen LogP contribution in [0.1, 0.15) is 43.5 Å². The van der Waals surface area contributed by atoms with Gasteiger partial charge in [-0.1, -0.05) is 19.8 Å². The van der Waals surface area contributed by atoms with Crippen LogP contribution in [0.2, 0.25) is 0 Å². The van der Waals surface area contributed by atoms with Gasteiger partial charge in [-0.3, -0.25) is 4.98 Å².